The number of hydrogen-bond donors (Lipinski definition) is 0. The van der Waals surface area contributed by atoms with E-state index in [2.05, 4.69) is 25.9 Å². The zero-order valence-electron chi connectivity index (χ0n) is 24.2. The third kappa shape index (κ3) is 6.34. The molecule has 0 amide bonds. The summed E-state index contributed by atoms with van der Waals surface area (Å²) in [4.78, 5) is 41.6. The molecule has 0 saturated heterocycles. The number of aromatic nitrogens is 3. The molecular weight excluding hydrogens is 656 g/mol. The number of methoxy groups -OCH3 is 2. The summed E-state index contributed by atoms with van der Waals surface area (Å²) < 4.78 is 25.4. The highest BCUT2D eigenvalue weighted by Gasteiger charge is 2.36. The normalized spacial score (nSPS) is 14.8. The number of aryl methyl sites for hydroxylation is 1. The van der Waals surface area contributed by atoms with Gasteiger partial charge in [0.2, 0.25) is 0 Å². The smallest absolute Gasteiger partial charge is 0.338 e. The molecule has 4 aromatic rings. The van der Waals surface area contributed by atoms with Crippen molar-refractivity contribution in [2.24, 2.45) is 4.99 Å². The molecule has 0 aliphatic carbocycles. The first kappa shape index (κ1) is 30.8. The van der Waals surface area contributed by atoms with Crippen LogP contribution in [-0.4, -0.2) is 41.3 Å². The summed E-state index contributed by atoms with van der Waals surface area (Å²) in [5.74, 6) is 0.975. The summed E-state index contributed by atoms with van der Waals surface area (Å²) in [6, 6.07) is 8.04. The SMILES string of the molecule is CCCC1=C(C(=O)OCC)[C@H](c2cc(OC)ccc2OC)n2c(s/c(=C\c3cc(Br)c(Sc4nccc(C)n4)o3)c2=O)=N1. The molecule has 3 aromatic heterocycles. The number of thiazole rings is 1. The van der Waals surface area contributed by atoms with Gasteiger partial charge in [-0.3, -0.25) is 9.36 Å². The zero-order chi connectivity index (χ0) is 30.7. The van der Waals surface area contributed by atoms with Gasteiger partial charge in [0.15, 0.2) is 15.1 Å². The zero-order valence-corrected chi connectivity index (χ0v) is 27.4. The summed E-state index contributed by atoms with van der Waals surface area (Å²) >= 11 is 6.03. The van der Waals surface area contributed by atoms with Crippen molar-refractivity contribution < 1.29 is 23.4 Å². The Hall–Kier alpha value is -3.68. The van der Waals surface area contributed by atoms with Crippen LogP contribution in [0, 0.1) is 6.92 Å². The first-order chi connectivity index (χ1) is 20.8. The predicted octanol–water partition coefficient (Wildman–Crippen LogP) is 5.20. The van der Waals surface area contributed by atoms with E-state index in [1.807, 2.05) is 19.9 Å². The largest absolute Gasteiger partial charge is 0.497 e. The van der Waals surface area contributed by atoms with Crippen molar-refractivity contribution >= 4 is 51.1 Å². The van der Waals surface area contributed by atoms with E-state index in [0.717, 1.165) is 12.1 Å². The Labute approximate surface area is 264 Å². The van der Waals surface area contributed by atoms with Crippen molar-refractivity contribution in [2.45, 2.75) is 49.9 Å². The molecule has 13 heteroatoms. The van der Waals surface area contributed by atoms with Crippen LogP contribution in [0.15, 0.2) is 76.7 Å². The molecule has 4 heterocycles. The Morgan fingerprint density at radius 3 is 2.72 bits per heavy atom. The Balaban J connectivity index is 1.69. The quantitative estimate of drug-likeness (QED) is 0.164. The topological polar surface area (TPSA) is 118 Å². The number of halogens is 1. The van der Waals surface area contributed by atoms with Crippen molar-refractivity contribution in [1.29, 1.82) is 0 Å². The van der Waals surface area contributed by atoms with Crippen molar-refractivity contribution in [3.8, 4) is 11.5 Å². The van der Waals surface area contributed by atoms with Crippen molar-refractivity contribution in [3.05, 3.63) is 89.0 Å². The lowest BCUT2D eigenvalue weighted by Crippen LogP contribution is -2.40. The van der Waals surface area contributed by atoms with E-state index < -0.39 is 12.0 Å². The Morgan fingerprint density at radius 2 is 2.02 bits per heavy atom. The minimum absolute atomic E-state index is 0.176. The number of nitrogens with zero attached hydrogens (tertiary/aromatic N) is 4. The number of carbonyl (C=O) groups excluding carboxylic acids is 1. The van der Waals surface area contributed by atoms with Crippen molar-refractivity contribution in [2.75, 3.05) is 20.8 Å². The second-order valence-corrected chi connectivity index (χ2v) is 12.2. The van der Waals surface area contributed by atoms with Gasteiger partial charge in [-0.05, 0) is 78.3 Å². The second-order valence-electron chi connectivity index (χ2n) is 9.39. The fraction of sp³-hybridized carbons (Fsp3) is 0.300. The minimum atomic E-state index is -0.850. The third-order valence-electron chi connectivity index (χ3n) is 6.53. The molecule has 1 aliphatic heterocycles. The monoisotopic (exact) mass is 684 g/mol. The molecule has 224 valence electrons. The highest BCUT2D eigenvalue weighted by molar-refractivity contribution is 9.10. The maximum absolute atomic E-state index is 14.1. The molecule has 1 aromatic carbocycles. The molecule has 1 aliphatic rings. The molecule has 5 rings (SSSR count). The van der Waals surface area contributed by atoms with Crippen LogP contribution in [0.25, 0.3) is 6.08 Å². The minimum Gasteiger partial charge on any atom is -0.497 e. The average molecular weight is 686 g/mol. The fourth-order valence-electron chi connectivity index (χ4n) is 4.67. The Bertz CT molecular complexity index is 1890. The first-order valence-electron chi connectivity index (χ1n) is 13.5. The molecule has 0 bridgehead atoms. The van der Waals surface area contributed by atoms with E-state index in [-0.39, 0.29) is 12.2 Å². The van der Waals surface area contributed by atoms with Crippen LogP contribution in [0.3, 0.4) is 0 Å². The summed E-state index contributed by atoms with van der Waals surface area (Å²) in [6.45, 7) is 5.82. The molecule has 10 nitrogen and oxygen atoms in total. The van der Waals surface area contributed by atoms with Gasteiger partial charge in [0.05, 0.1) is 41.1 Å². The van der Waals surface area contributed by atoms with E-state index in [9.17, 15) is 9.59 Å². The molecule has 0 unspecified atom stereocenters. The van der Waals surface area contributed by atoms with Gasteiger partial charge in [0, 0.05) is 23.5 Å². The number of benzene rings is 1. The highest BCUT2D eigenvalue weighted by Crippen LogP contribution is 2.39. The number of furan rings is 1. The fourth-order valence-corrected chi connectivity index (χ4v) is 6.98. The van der Waals surface area contributed by atoms with E-state index in [1.165, 1.54) is 27.7 Å². The average Bonchev–Trinajstić information content (AvgIpc) is 3.49. The standard InChI is InChI=1S/C30H29BrN4O6S2/c1-6-8-21-24(27(37)40-7-2)25(19-13-17(38-4)9-10-22(19)39-5)35-26(36)23(42-30(35)34-21)15-18-14-20(31)28(41-18)43-29-32-12-11-16(3)33-29/h9-15,25H,6-8H2,1-5H3/b23-15-/t25-/m0/s1. The van der Waals surface area contributed by atoms with E-state index in [4.69, 9.17) is 23.6 Å². The Kier molecular flexibility index (Phi) is 9.52. The van der Waals surface area contributed by atoms with Crippen molar-refractivity contribution in [1.82, 2.24) is 14.5 Å². The molecular formula is C30H29BrN4O6S2. The van der Waals surface area contributed by atoms with Gasteiger partial charge >= 0.3 is 5.97 Å². The molecule has 0 spiro atoms. The van der Waals surface area contributed by atoms with E-state index in [0.29, 0.717) is 64.6 Å². The lowest BCUT2D eigenvalue weighted by molar-refractivity contribution is -0.139. The van der Waals surface area contributed by atoms with Gasteiger partial charge in [0.25, 0.3) is 5.56 Å². The van der Waals surface area contributed by atoms with Gasteiger partial charge in [0.1, 0.15) is 23.3 Å². The van der Waals surface area contributed by atoms with Crippen LogP contribution in [0.4, 0.5) is 0 Å². The van der Waals surface area contributed by atoms with Gasteiger partial charge in [-0.2, -0.15) is 0 Å². The number of fused-ring (bicyclic) bond motifs is 1. The third-order valence-corrected chi connectivity index (χ3v) is 9.23. The lowest BCUT2D eigenvalue weighted by Gasteiger charge is -2.27. The summed E-state index contributed by atoms with van der Waals surface area (Å²) in [6.07, 6.45) is 4.62. The van der Waals surface area contributed by atoms with Crippen molar-refractivity contribution in [3.63, 3.8) is 0 Å². The maximum Gasteiger partial charge on any atom is 0.338 e. The summed E-state index contributed by atoms with van der Waals surface area (Å²) in [7, 11) is 3.10. The molecule has 1 atom stereocenters. The van der Waals surface area contributed by atoms with Gasteiger partial charge < -0.3 is 18.6 Å². The number of allylic oxidation sites excluding steroid dienone is 1. The molecule has 0 N–H and O–H groups in total. The van der Waals surface area contributed by atoms with Crippen LogP contribution in [0.5, 0.6) is 11.5 Å². The molecule has 0 radical (unpaired) electrons. The van der Waals surface area contributed by atoms with Crippen LogP contribution in [0.1, 0.15) is 49.7 Å². The van der Waals surface area contributed by atoms with Gasteiger partial charge in [-0.15, -0.1) is 0 Å². The number of ether oxygens (including phenoxy) is 3. The number of carbonyl (C=O) groups is 1. The van der Waals surface area contributed by atoms with Crippen LogP contribution in [0.2, 0.25) is 0 Å². The number of rotatable bonds is 10. The molecule has 43 heavy (non-hydrogen) atoms. The van der Waals surface area contributed by atoms with Gasteiger partial charge in [-0.1, -0.05) is 24.7 Å². The highest BCUT2D eigenvalue weighted by atomic mass is 79.9. The number of hydrogen-bond acceptors (Lipinski definition) is 11. The summed E-state index contributed by atoms with van der Waals surface area (Å²) in [5.41, 5.74) is 1.96. The molecule has 0 saturated carbocycles. The van der Waals surface area contributed by atoms with E-state index in [1.54, 1.807) is 57.7 Å². The Morgan fingerprint density at radius 1 is 1.21 bits per heavy atom. The second kappa shape index (κ2) is 13.3. The van der Waals surface area contributed by atoms with Crippen LogP contribution < -0.4 is 24.4 Å². The lowest BCUT2D eigenvalue weighted by atomic mass is 9.93. The van der Waals surface area contributed by atoms with Gasteiger partial charge in [-0.25, -0.2) is 19.8 Å². The van der Waals surface area contributed by atoms with Crippen LogP contribution in [-0.2, 0) is 9.53 Å². The summed E-state index contributed by atoms with van der Waals surface area (Å²) in [5, 5.41) is 1.10. The molecule has 0 fully saturated rings. The first-order valence-corrected chi connectivity index (χ1v) is 15.9. The van der Waals surface area contributed by atoms with E-state index >= 15 is 0 Å². The van der Waals surface area contributed by atoms with Crippen LogP contribution >= 0.6 is 39.0 Å². The number of esters is 1. The maximum atomic E-state index is 14.1. The predicted molar refractivity (Wildman–Crippen MR) is 166 cm³/mol.